The summed E-state index contributed by atoms with van der Waals surface area (Å²) < 4.78 is 6.45. The highest BCUT2D eigenvalue weighted by molar-refractivity contribution is 6.66. The summed E-state index contributed by atoms with van der Waals surface area (Å²) in [6.07, 6.45) is 0. The first-order valence-corrected chi connectivity index (χ1v) is 19.3. The standard InChI is InChI=1S/C50H45BN2O2/c1-48(2)43-29-34(24-26-39(43)40-27-25-35(30-44(40)48)51(7)55-50(5,6)49(3,4)54)47-52-45-19-13-12-18-41(45)46(53-47)32-22-20-31(21-23-32)42-28-33-14-8-9-15-36(33)37-16-10-11-17-38(37)42/h8-30,54H,1-7H3. The molecule has 0 unspecified atom stereocenters. The first-order valence-electron chi connectivity index (χ1n) is 19.3. The molecule has 1 aliphatic carbocycles. The zero-order chi connectivity index (χ0) is 38.3. The number of nitrogens with zero attached hydrogens (tertiary/aromatic N) is 2. The van der Waals surface area contributed by atoms with E-state index in [1.54, 1.807) is 13.8 Å². The van der Waals surface area contributed by atoms with Crippen LogP contribution in [-0.4, -0.2) is 33.2 Å². The quantitative estimate of drug-likeness (QED) is 0.132. The Morgan fingerprint density at radius 2 is 1.15 bits per heavy atom. The molecular formula is C50H45BN2O2. The zero-order valence-electron chi connectivity index (χ0n) is 32.6. The molecule has 0 bridgehead atoms. The molecule has 1 aromatic heterocycles. The van der Waals surface area contributed by atoms with E-state index in [4.69, 9.17) is 14.6 Å². The van der Waals surface area contributed by atoms with Crippen LogP contribution in [-0.2, 0) is 10.1 Å². The minimum absolute atomic E-state index is 0.188. The van der Waals surface area contributed by atoms with Crippen molar-refractivity contribution in [3.63, 3.8) is 0 Å². The van der Waals surface area contributed by atoms with E-state index in [0.717, 1.165) is 33.2 Å². The molecule has 9 rings (SSSR count). The SMILES string of the molecule is CB(OC(C)(C)C(C)(C)O)c1ccc2c(c1)C(C)(C)c1cc(-c3nc(-c4ccc(-c5cc6ccccc6c6ccccc56)cc4)c4ccccc4n3)ccc1-2. The van der Waals surface area contributed by atoms with Gasteiger partial charge >= 0.3 is 6.92 Å². The van der Waals surface area contributed by atoms with Crippen LogP contribution in [0.3, 0.4) is 0 Å². The molecule has 0 aliphatic heterocycles. The second-order valence-corrected chi connectivity index (χ2v) is 16.7. The number of aliphatic hydroxyl groups is 1. The maximum Gasteiger partial charge on any atom is 0.324 e. The fourth-order valence-corrected chi connectivity index (χ4v) is 8.33. The van der Waals surface area contributed by atoms with Crippen molar-refractivity contribution in [3.05, 3.63) is 151 Å². The minimum atomic E-state index is -0.981. The molecule has 0 radical (unpaired) electrons. The molecule has 0 fully saturated rings. The van der Waals surface area contributed by atoms with Crippen molar-refractivity contribution in [2.75, 3.05) is 0 Å². The highest BCUT2D eigenvalue weighted by atomic mass is 16.5. The Morgan fingerprint density at radius 1 is 0.564 bits per heavy atom. The molecule has 0 saturated carbocycles. The van der Waals surface area contributed by atoms with Gasteiger partial charge in [0.1, 0.15) is 0 Å². The average molecular weight is 717 g/mol. The highest BCUT2D eigenvalue weighted by Crippen LogP contribution is 2.49. The summed E-state index contributed by atoms with van der Waals surface area (Å²) in [5.74, 6) is 0.712. The van der Waals surface area contributed by atoms with Gasteiger partial charge in [0.15, 0.2) is 5.82 Å². The number of hydrogen-bond acceptors (Lipinski definition) is 4. The van der Waals surface area contributed by atoms with Crippen molar-refractivity contribution in [2.24, 2.45) is 0 Å². The normalized spacial score (nSPS) is 13.7. The Morgan fingerprint density at radius 3 is 1.87 bits per heavy atom. The molecule has 4 nitrogen and oxygen atoms in total. The van der Waals surface area contributed by atoms with Crippen LogP contribution in [0.4, 0.5) is 0 Å². The Kier molecular flexibility index (Phi) is 8.13. The monoisotopic (exact) mass is 716 g/mol. The van der Waals surface area contributed by atoms with Gasteiger partial charge in [0.05, 0.1) is 22.4 Å². The number of para-hydroxylation sites is 1. The lowest BCUT2D eigenvalue weighted by Crippen LogP contribution is -2.52. The zero-order valence-corrected chi connectivity index (χ0v) is 32.6. The molecule has 0 amide bonds. The van der Waals surface area contributed by atoms with Gasteiger partial charge < -0.3 is 9.76 Å². The summed E-state index contributed by atoms with van der Waals surface area (Å²) in [5.41, 5.74) is 10.4. The van der Waals surface area contributed by atoms with E-state index in [1.807, 2.05) is 19.9 Å². The summed E-state index contributed by atoms with van der Waals surface area (Å²) in [6.45, 7) is 14.0. The molecular weight excluding hydrogens is 671 g/mol. The topological polar surface area (TPSA) is 55.2 Å². The molecule has 1 aliphatic rings. The van der Waals surface area contributed by atoms with Crippen molar-refractivity contribution < 1.29 is 9.76 Å². The van der Waals surface area contributed by atoms with Gasteiger partial charge in [-0.1, -0.05) is 142 Å². The summed E-state index contributed by atoms with van der Waals surface area (Å²) >= 11 is 0. The van der Waals surface area contributed by atoms with Crippen LogP contribution in [0, 0.1) is 0 Å². The molecule has 0 atom stereocenters. The van der Waals surface area contributed by atoms with Crippen LogP contribution in [0.2, 0.25) is 6.82 Å². The molecule has 7 aromatic carbocycles. The van der Waals surface area contributed by atoms with Crippen molar-refractivity contribution >= 4 is 44.8 Å². The van der Waals surface area contributed by atoms with Crippen molar-refractivity contribution in [1.82, 2.24) is 9.97 Å². The summed E-state index contributed by atoms with van der Waals surface area (Å²) in [7, 11) is 0. The number of hydrogen-bond donors (Lipinski definition) is 1. The second kappa shape index (κ2) is 12.7. The lowest BCUT2D eigenvalue weighted by molar-refractivity contribution is -0.0918. The van der Waals surface area contributed by atoms with Crippen LogP contribution < -0.4 is 5.46 Å². The number of rotatable bonds is 7. The first-order chi connectivity index (χ1) is 26.3. The van der Waals surface area contributed by atoms with Gasteiger partial charge in [0.2, 0.25) is 0 Å². The van der Waals surface area contributed by atoms with E-state index < -0.39 is 11.2 Å². The summed E-state index contributed by atoms with van der Waals surface area (Å²) in [5, 5.41) is 16.8. The molecule has 1 heterocycles. The van der Waals surface area contributed by atoms with Gasteiger partial charge in [-0.05, 0) is 106 Å². The molecule has 0 saturated heterocycles. The van der Waals surface area contributed by atoms with Crippen LogP contribution in [0.1, 0.15) is 52.7 Å². The van der Waals surface area contributed by atoms with Gasteiger partial charge in [-0.3, -0.25) is 0 Å². The molecule has 5 heteroatoms. The van der Waals surface area contributed by atoms with Crippen LogP contribution >= 0.6 is 0 Å². The lowest BCUT2D eigenvalue weighted by atomic mass is 9.61. The maximum absolute atomic E-state index is 10.7. The smallest absolute Gasteiger partial charge is 0.324 e. The number of fused-ring (bicyclic) bond motifs is 7. The Hall–Kier alpha value is -5.62. The maximum atomic E-state index is 10.7. The summed E-state index contributed by atoms with van der Waals surface area (Å²) in [4.78, 5) is 10.4. The predicted octanol–water partition coefficient (Wildman–Crippen LogP) is 11.6. The van der Waals surface area contributed by atoms with E-state index in [0.29, 0.717) is 5.82 Å². The summed E-state index contributed by atoms with van der Waals surface area (Å²) in [6, 6.07) is 50.1. The van der Waals surface area contributed by atoms with E-state index >= 15 is 0 Å². The van der Waals surface area contributed by atoms with E-state index in [9.17, 15) is 5.11 Å². The van der Waals surface area contributed by atoms with E-state index in [2.05, 4.69) is 154 Å². The van der Waals surface area contributed by atoms with Gasteiger partial charge in [0, 0.05) is 21.9 Å². The first kappa shape index (κ1) is 35.1. The average Bonchev–Trinajstić information content (AvgIpc) is 3.41. The molecule has 8 aromatic rings. The Balaban J connectivity index is 1.08. The Bertz CT molecular complexity index is 2800. The third-order valence-electron chi connectivity index (χ3n) is 12.2. The third-order valence-corrected chi connectivity index (χ3v) is 12.2. The molecule has 0 spiro atoms. The molecule has 55 heavy (non-hydrogen) atoms. The van der Waals surface area contributed by atoms with Crippen LogP contribution in [0.5, 0.6) is 0 Å². The predicted molar refractivity (Wildman–Crippen MR) is 231 cm³/mol. The van der Waals surface area contributed by atoms with E-state index in [-0.39, 0.29) is 12.3 Å². The van der Waals surface area contributed by atoms with Crippen molar-refractivity contribution in [1.29, 1.82) is 0 Å². The van der Waals surface area contributed by atoms with Crippen molar-refractivity contribution in [2.45, 2.75) is 65.0 Å². The van der Waals surface area contributed by atoms with Crippen LogP contribution in [0.15, 0.2) is 140 Å². The number of aromatic nitrogens is 2. The lowest BCUT2D eigenvalue weighted by Gasteiger charge is -2.39. The van der Waals surface area contributed by atoms with Crippen LogP contribution in [0.25, 0.3) is 77.3 Å². The number of benzene rings is 7. The minimum Gasteiger partial charge on any atom is -0.423 e. The highest BCUT2D eigenvalue weighted by Gasteiger charge is 2.40. The largest absolute Gasteiger partial charge is 0.423 e. The third kappa shape index (κ3) is 5.85. The van der Waals surface area contributed by atoms with Gasteiger partial charge in [-0.25, -0.2) is 9.97 Å². The molecule has 1 N–H and O–H groups in total. The fourth-order valence-electron chi connectivity index (χ4n) is 8.33. The molecule has 270 valence electrons. The van der Waals surface area contributed by atoms with Gasteiger partial charge in [-0.2, -0.15) is 0 Å². The van der Waals surface area contributed by atoms with Gasteiger partial charge in [0.25, 0.3) is 0 Å². The second-order valence-electron chi connectivity index (χ2n) is 16.7. The fraction of sp³-hybridized carbons (Fsp3) is 0.200. The van der Waals surface area contributed by atoms with Gasteiger partial charge in [-0.15, -0.1) is 0 Å². The van der Waals surface area contributed by atoms with E-state index in [1.165, 1.54) is 54.9 Å². The Labute approximate surface area is 324 Å². The van der Waals surface area contributed by atoms with Crippen molar-refractivity contribution in [3.8, 4) is 44.9 Å².